The van der Waals surface area contributed by atoms with E-state index in [0.717, 1.165) is 28.6 Å². The van der Waals surface area contributed by atoms with E-state index in [1.807, 2.05) is 36.7 Å². The van der Waals surface area contributed by atoms with Crippen molar-refractivity contribution in [1.29, 1.82) is 0 Å². The van der Waals surface area contributed by atoms with Gasteiger partial charge < -0.3 is 14.8 Å². The van der Waals surface area contributed by atoms with Crippen LogP contribution in [0.3, 0.4) is 0 Å². The minimum atomic E-state index is -0.166. The summed E-state index contributed by atoms with van der Waals surface area (Å²) in [5.74, 6) is -0.0739. The first-order chi connectivity index (χ1) is 10.0. The molecule has 2 aromatic rings. The number of carbonyl (C=O) groups is 2. The van der Waals surface area contributed by atoms with Gasteiger partial charge in [0.1, 0.15) is 5.69 Å². The Bertz CT molecular complexity index is 746. The number of nitrogens with zero attached hydrogens (tertiary/aromatic N) is 2. The van der Waals surface area contributed by atoms with Gasteiger partial charge in [-0.05, 0) is 25.5 Å². The summed E-state index contributed by atoms with van der Waals surface area (Å²) in [6.45, 7) is 2.69. The molecule has 1 aliphatic rings. The average Bonchev–Trinajstić information content (AvgIpc) is 2.99. The maximum Gasteiger partial charge on any atom is 0.269 e. The van der Waals surface area contributed by atoms with Crippen LogP contribution in [0.15, 0.2) is 18.2 Å². The van der Waals surface area contributed by atoms with Crippen molar-refractivity contribution in [1.82, 2.24) is 9.88 Å². The normalized spacial score (nSPS) is 15.0. The zero-order chi connectivity index (χ0) is 15.1. The van der Waals surface area contributed by atoms with E-state index in [9.17, 15) is 9.59 Å². The van der Waals surface area contributed by atoms with Gasteiger partial charge in [0.2, 0.25) is 5.91 Å². The largest absolute Gasteiger partial charge is 0.354 e. The highest BCUT2D eigenvalue weighted by Gasteiger charge is 2.30. The molecular weight excluding hydrogens is 266 g/mol. The van der Waals surface area contributed by atoms with Crippen molar-refractivity contribution >= 4 is 28.4 Å². The fourth-order valence-electron chi connectivity index (χ4n) is 3.07. The molecule has 0 atom stereocenters. The van der Waals surface area contributed by atoms with Crippen LogP contribution in [0.1, 0.15) is 28.9 Å². The molecular formula is C16H19N3O2. The van der Waals surface area contributed by atoms with Gasteiger partial charge in [0.05, 0.1) is 11.2 Å². The fraction of sp³-hybridized carbons (Fsp3) is 0.375. The van der Waals surface area contributed by atoms with Gasteiger partial charge in [-0.15, -0.1) is 0 Å². The number of hydrogen-bond acceptors (Lipinski definition) is 2. The molecule has 5 nitrogen and oxygen atoms in total. The first-order valence-electron chi connectivity index (χ1n) is 7.16. The van der Waals surface area contributed by atoms with E-state index >= 15 is 0 Å². The summed E-state index contributed by atoms with van der Waals surface area (Å²) >= 11 is 0. The fourth-order valence-corrected chi connectivity index (χ4v) is 3.07. The van der Waals surface area contributed by atoms with Crippen LogP contribution in [0.5, 0.6) is 0 Å². The quantitative estimate of drug-likeness (QED) is 0.917. The third kappa shape index (κ3) is 2.00. The summed E-state index contributed by atoms with van der Waals surface area (Å²) in [7, 11) is 3.48. The van der Waals surface area contributed by atoms with E-state index in [0.29, 0.717) is 18.7 Å². The van der Waals surface area contributed by atoms with Crippen LogP contribution in [0.2, 0.25) is 0 Å². The summed E-state index contributed by atoms with van der Waals surface area (Å²) in [5, 5.41) is 3.64. The highest BCUT2D eigenvalue weighted by atomic mass is 16.2. The van der Waals surface area contributed by atoms with Crippen LogP contribution in [-0.2, 0) is 11.8 Å². The number of carbonyl (C=O) groups excluding carboxylic acids is 2. The van der Waals surface area contributed by atoms with Gasteiger partial charge in [-0.3, -0.25) is 9.59 Å². The summed E-state index contributed by atoms with van der Waals surface area (Å²) in [5.41, 5.74) is 3.38. The average molecular weight is 285 g/mol. The Morgan fingerprint density at radius 3 is 2.71 bits per heavy atom. The Morgan fingerprint density at radius 1 is 1.33 bits per heavy atom. The lowest BCUT2D eigenvalue weighted by Gasteiger charge is -2.17. The van der Waals surface area contributed by atoms with Crippen molar-refractivity contribution in [3.63, 3.8) is 0 Å². The van der Waals surface area contributed by atoms with Crippen molar-refractivity contribution in [3.8, 4) is 0 Å². The molecule has 5 heteroatoms. The smallest absolute Gasteiger partial charge is 0.269 e. The Morgan fingerprint density at radius 2 is 2.10 bits per heavy atom. The van der Waals surface area contributed by atoms with Gasteiger partial charge in [-0.2, -0.15) is 0 Å². The molecule has 3 rings (SSSR count). The van der Waals surface area contributed by atoms with Crippen molar-refractivity contribution in [3.05, 3.63) is 29.5 Å². The monoisotopic (exact) mass is 285 g/mol. The predicted octanol–water partition coefficient (Wildman–Crippen LogP) is 1.97. The van der Waals surface area contributed by atoms with E-state index < -0.39 is 0 Å². The van der Waals surface area contributed by atoms with E-state index in [4.69, 9.17) is 0 Å². The molecule has 1 aromatic heterocycles. The Balaban J connectivity index is 2.35. The molecule has 21 heavy (non-hydrogen) atoms. The minimum Gasteiger partial charge on any atom is -0.354 e. The molecule has 1 aliphatic heterocycles. The molecule has 0 spiro atoms. The first kappa shape index (κ1) is 13.7. The van der Waals surface area contributed by atoms with Crippen LogP contribution >= 0.6 is 0 Å². The second-order valence-electron chi connectivity index (χ2n) is 5.50. The predicted molar refractivity (Wildman–Crippen MR) is 82.6 cm³/mol. The van der Waals surface area contributed by atoms with E-state index in [2.05, 4.69) is 5.32 Å². The van der Waals surface area contributed by atoms with E-state index in [1.54, 1.807) is 11.9 Å². The first-order valence-corrected chi connectivity index (χ1v) is 7.16. The maximum atomic E-state index is 12.3. The number of hydrogen-bond donors (Lipinski definition) is 1. The Labute approximate surface area is 123 Å². The summed E-state index contributed by atoms with van der Waals surface area (Å²) < 4.78 is 1.87. The lowest BCUT2D eigenvalue weighted by molar-refractivity contribution is -0.117. The Kier molecular flexibility index (Phi) is 3.20. The second kappa shape index (κ2) is 4.91. The van der Waals surface area contributed by atoms with Gasteiger partial charge in [0, 0.05) is 32.4 Å². The maximum absolute atomic E-state index is 12.3. The number of amides is 2. The second-order valence-corrected chi connectivity index (χ2v) is 5.50. The summed E-state index contributed by atoms with van der Waals surface area (Å²) in [6.07, 6.45) is 1.39. The number of aryl methyl sites for hydroxylation is 2. The molecule has 1 fully saturated rings. The molecule has 2 heterocycles. The SMILES string of the molecule is CNC(=O)c1c(N2CCCC2=O)c2cc(C)ccc2n1C. The molecule has 2 amide bonds. The van der Waals surface area contributed by atoms with Gasteiger partial charge in [-0.25, -0.2) is 0 Å². The zero-order valence-corrected chi connectivity index (χ0v) is 12.6. The number of benzene rings is 1. The van der Waals surface area contributed by atoms with Crippen LogP contribution < -0.4 is 10.2 Å². The molecule has 1 N–H and O–H groups in total. The Hall–Kier alpha value is -2.30. The zero-order valence-electron chi connectivity index (χ0n) is 12.6. The number of fused-ring (bicyclic) bond motifs is 1. The van der Waals surface area contributed by atoms with Gasteiger partial charge in [-0.1, -0.05) is 11.6 Å². The highest BCUT2D eigenvalue weighted by molar-refractivity contribution is 6.14. The lowest BCUT2D eigenvalue weighted by atomic mass is 10.1. The highest BCUT2D eigenvalue weighted by Crippen LogP contribution is 2.36. The van der Waals surface area contributed by atoms with Crippen LogP contribution in [0.4, 0.5) is 5.69 Å². The number of nitrogens with one attached hydrogen (secondary N) is 1. The topological polar surface area (TPSA) is 54.3 Å². The van der Waals surface area contributed by atoms with Gasteiger partial charge >= 0.3 is 0 Å². The van der Waals surface area contributed by atoms with Crippen molar-refractivity contribution < 1.29 is 9.59 Å². The van der Waals surface area contributed by atoms with Gasteiger partial charge in [0.15, 0.2) is 0 Å². The molecule has 110 valence electrons. The molecule has 0 unspecified atom stereocenters. The van der Waals surface area contributed by atoms with Gasteiger partial charge in [0.25, 0.3) is 5.91 Å². The third-order valence-corrected chi connectivity index (χ3v) is 4.11. The standard InChI is InChI=1S/C16H19N3O2/c1-10-6-7-12-11(9-10)14(19-8-4-5-13(19)20)15(18(12)3)16(21)17-2/h6-7,9H,4-5,8H2,1-3H3,(H,17,21). The summed E-state index contributed by atoms with van der Waals surface area (Å²) in [6, 6.07) is 6.06. The lowest BCUT2D eigenvalue weighted by Crippen LogP contribution is -2.29. The van der Waals surface area contributed by atoms with Crippen LogP contribution in [0, 0.1) is 6.92 Å². The molecule has 0 radical (unpaired) electrons. The van der Waals surface area contributed by atoms with Crippen LogP contribution in [-0.4, -0.2) is 30.0 Å². The minimum absolute atomic E-state index is 0.0918. The van der Waals surface area contributed by atoms with Crippen molar-refractivity contribution in [2.45, 2.75) is 19.8 Å². The van der Waals surface area contributed by atoms with Crippen LogP contribution in [0.25, 0.3) is 10.9 Å². The summed E-state index contributed by atoms with van der Waals surface area (Å²) in [4.78, 5) is 26.2. The molecule has 1 aromatic carbocycles. The molecule has 0 bridgehead atoms. The number of anilines is 1. The molecule has 1 saturated heterocycles. The third-order valence-electron chi connectivity index (χ3n) is 4.11. The van der Waals surface area contributed by atoms with Crippen molar-refractivity contribution in [2.75, 3.05) is 18.5 Å². The molecule has 0 saturated carbocycles. The molecule has 0 aliphatic carbocycles. The van der Waals surface area contributed by atoms with E-state index in [-0.39, 0.29) is 11.8 Å². The number of rotatable bonds is 2. The van der Waals surface area contributed by atoms with E-state index in [1.165, 1.54) is 0 Å². The van der Waals surface area contributed by atoms with Crippen molar-refractivity contribution in [2.24, 2.45) is 7.05 Å². The number of aromatic nitrogens is 1.